The van der Waals surface area contributed by atoms with Gasteiger partial charge in [-0.1, -0.05) is 20.4 Å². The van der Waals surface area contributed by atoms with Crippen LogP contribution < -0.4 is 0 Å². The summed E-state index contributed by atoms with van der Waals surface area (Å²) in [7, 11) is -2.94. The molecule has 4 nitrogen and oxygen atoms in total. The molecule has 2 aliphatic heterocycles. The fourth-order valence-corrected chi connectivity index (χ4v) is 5.95. The molecule has 0 spiro atoms. The van der Waals surface area contributed by atoms with Gasteiger partial charge in [-0.3, -0.25) is 4.79 Å². The molecule has 2 saturated heterocycles. The number of carbonyl (C=O) groups is 1. The molecule has 0 aromatic heterocycles. The van der Waals surface area contributed by atoms with Gasteiger partial charge in [-0.15, -0.1) is 0 Å². The molecule has 0 radical (unpaired) electrons. The number of fused-ring (bicyclic) bond motifs is 1. The van der Waals surface area contributed by atoms with E-state index in [1.54, 1.807) is 4.90 Å². The molecule has 2 atom stereocenters. The van der Waals surface area contributed by atoms with Gasteiger partial charge in [0.1, 0.15) is 0 Å². The maximum atomic E-state index is 11.7. The van der Waals surface area contributed by atoms with Crippen LogP contribution in [-0.2, 0) is 14.6 Å². The molecule has 0 aromatic rings. The summed E-state index contributed by atoms with van der Waals surface area (Å²) in [6.45, 7) is 8.44. The van der Waals surface area contributed by atoms with Gasteiger partial charge in [-0.05, 0) is 6.08 Å². The fourth-order valence-electron chi connectivity index (χ4n) is 3.03. The maximum absolute atomic E-state index is 11.7. The molecule has 0 bridgehead atoms. The number of carbonyl (C=O) groups excluding carboxylic acids is 1. The Morgan fingerprint density at radius 2 is 1.69 bits per heavy atom. The van der Waals surface area contributed by atoms with Crippen molar-refractivity contribution in [2.45, 2.75) is 13.8 Å². The highest BCUT2D eigenvalue weighted by Crippen LogP contribution is 2.52. The van der Waals surface area contributed by atoms with E-state index in [1.807, 2.05) is 13.8 Å². The number of likely N-dealkylation sites (tertiary alicyclic amines) is 1. The van der Waals surface area contributed by atoms with E-state index in [1.165, 1.54) is 6.08 Å². The van der Waals surface area contributed by atoms with Gasteiger partial charge in [0.15, 0.2) is 9.84 Å². The Bertz CT molecular complexity index is 430. The van der Waals surface area contributed by atoms with Crippen LogP contribution >= 0.6 is 0 Å². The van der Waals surface area contributed by atoms with Crippen LogP contribution in [0.25, 0.3) is 0 Å². The van der Waals surface area contributed by atoms with Crippen molar-refractivity contribution in [2.24, 2.45) is 10.8 Å². The largest absolute Gasteiger partial charge is 0.338 e. The zero-order valence-electron chi connectivity index (χ0n) is 9.69. The second-order valence-electron chi connectivity index (χ2n) is 5.55. The zero-order valence-corrected chi connectivity index (χ0v) is 10.5. The molecule has 1 amide bonds. The highest BCUT2D eigenvalue weighted by Gasteiger charge is 2.60. The van der Waals surface area contributed by atoms with E-state index in [2.05, 4.69) is 6.58 Å². The van der Waals surface area contributed by atoms with Crippen LogP contribution in [0.3, 0.4) is 0 Å². The second kappa shape index (κ2) is 3.09. The molecule has 0 N–H and O–H groups in total. The first kappa shape index (κ1) is 11.6. The highest BCUT2D eigenvalue weighted by atomic mass is 32.2. The first-order valence-electron chi connectivity index (χ1n) is 5.33. The van der Waals surface area contributed by atoms with E-state index in [-0.39, 0.29) is 28.2 Å². The Balaban J connectivity index is 2.32. The highest BCUT2D eigenvalue weighted by molar-refractivity contribution is 7.91. The van der Waals surface area contributed by atoms with Crippen LogP contribution in [0.2, 0.25) is 0 Å². The molecule has 0 aromatic carbocycles. The SMILES string of the molecule is C=CC(=O)N1C[C@@]2(C)CS(=O)(=O)C[C@@]2(C)C1. The average molecular weight is 243 g/mol. The van der Waals surface area contributed by atoms with Crippen molar-refractivity contribution in [1.82, 2.24) is 4.90 Å². The number of hydrogen-bond acceptors (Lipinski definition) is 3. The molecule has 2 rings (SSSR count). The monoisotopic (exact) mass is 243 g/mol. The van der Waals surface area contributed by atoms with Gasteiger partial charge >= 0.3 is 0 Å². The van der Waals surface area contributed by atoms with E-state index in [9.17, 15) is 13.2 Å². The van der Waals surface area contributed by atoms with E-state index >= 15 is 0 Å². The summed E-state index contributed by atoms with van der Waals surface area (Å²) in [5.41, 5.74) is -0.602. The lowest BCUT2D eigenvalue weighted by Gasteiger charge is -2.29. The molecule has 0 saturated carbocycles. The molecular formula is C11H17NO3S. The smallest absolute Gasteiger partial charge is 0.245 e. The van der Waals surface area contributed by atoms with Crippen LogP contribution in [-0.4, -0.2) is 43.8 Å². The van der Waals surface area contributed by atoms with Gasteiger partial charge in [0, 0.05) is 23.9 Å². The minimum absolute atomic E-state index is 0.103. The van der Waals surface area contributed by atoms with Crippen molar-refractivity contribution in [3.8, 4) is 0 Å². The van der Waals surface area contributed by atoms with Crippen molar-refractivity contribution < 1.29 is 13.2 Å². The van der Waals surface area contributed by atoms with Crippen LogP contribution in [0.15, 0.2) is 12.7 Å². The van der Waals surface area contributed by atoms with Crippen LogP contribution in [0.1, 0.15) is 13.8 Å². The number of rotatable bonds is 1. The summed E-state index contributed by atoms with van der Waals surface area (Å²) >= 11 is 0. The molecule has 2 heterocycles. The summed E-state index contributed by atoms with van der Waals surface area (Å²) in [5, 5.41) is 0. The quantitative estimate of drug-likeness (QED) is 0.629. The van der Waals surface area contributed by atoms with Crippen LogP contribution in [0, 0.1) is 10.8 Å². The van der Waals surface area contributed by atoms with Gasteiger partial charge in [0.05, 0.1) is 11.5 Å². The maximum Gasteiger partial charge on any atom is 0.245 e. The van der Waals surface area contributed by atoms with E-state index in [0.29, 0.717) is 13.1 Å². The summed E-state index contributed by atoms with van der Waals surface area (Å²) in [6, 6.07) is 0. The third-order valence-corrected chi connectivity index (χ3v) is 6.25. The molecule has 90 valence electrons. The van der Waals surface area contributed by atoms with Gasteiger partial charge in [0.2, 0.25) is 5.91 Å². The lowest BCUT2D eigenvalue weighted by Crippen LogP contribution is -2.34. The molecule has 16 heavy (non-hydrogen) atoms. The molecule has 0 aliphatic carbocycles. The van der Waals surface area contributed by atoms with Crippen molar-refractivity contribution in [2.75, 3.05) is 24.6 Å². The molecule has 2 aliphatic rings. The Morgan fingerprint density at radius 1 is 1.25 bits per heavy atom. The number of hydrogen-bond donors (Lipinski definition) is 0. The van der Waals surface area contributed by atoms with Crippen molar-refractivity contribution in [1.29, 1.82) is 0 Å². The lowest BCUT2D eigenvalue weighted by atomic mass is 9.71. The minimum Gasteiger partial charge on any atom is -0.338 e. The Morgan fingerprint density at radius 3 is 2.06 bits per heavy atom. The summed E-state index contributed by atoms with van der Waals surface area (Å²) in [5.74, 6) is 0.281. The normalized spacial score (nSPS) is 40.8. The minimum atomic E-state index is -2.94. The summed E-state index contributed by atoms with van der Waals surface area (Å²) < 4.78 is 23.4. The van der Waals surface area contributed by atoms with Crippen molar-refractivity contribution in [3.05, 3.63) is 12.7 Å². The summed E-state index contributed by atoms with van der Waals surface area (Å²) in [4.78, 5) is 13.3. The van der Waals surface area contributed by atoms with Gasteiger partial charge in [-0.25, -0.2) is 8.42 Å². The topological polar surface area (TPSA) is 54.5 Å². The summed E-state index contributed by atoms with van der Waals surface area (Å²) in [6.07, 6.45) is 1.29. The molecular weight excluding hydrogens is 226 g/mol. The van der Waals surface area contributed by atoms with Crippen LogP contribution in [0.5, 0.6) is 0 Å². The first-order valence-corrected chi connectivity index (χ1v) is 7.15. The average Bonchev–Trinajstić information content (AvgIpc) is 2.43. The predicted octanol–water partition coefficient (Wildman–Crippen LogP) is 0.456. The standard InChI is InChI=1S/C11H17NO3S/c1-4-9(13)12-5-10(2)7-16(14,15)8-11(10,3)6-12/h4H,1,5-8H2,2-3H3/t10-,11+. The predicted molar refractivity (Wildman–Crippen MR) is 61.6 cm³/mol. The number of amides is 1. The van der Waals surface area contributed by atoms with E-state index in [4.69, 9.17) is 0 Å². The first-order chi connectivity index (χ1) is 7.21. The Kier molecular flexibility index (Phi) is 2.25. The molecule has 5 heteroatoms. The third kappa shape index (κ3) is 1.49. The van der Waals surface area contributed by atoms with Gasteiger partial charge in [0.25, 0.3) is 0 Å². The Hall–Kier alpha value is -0.840. The van der Waals surface area contributed by atoms with Crippen molar-refractivity contribution >= 4 is 15.7 Å². The van der Waals surface area contributed by atoms with E-state index < -0.39 is 9.84 Å². The Labute approximate surface area is 96.2 Å². The second-order valence-corrected chi connectivity index (χ2v) is 7.62. The molecule has 0 unspecified atom stereocenters. The fraction of sp³-hybridized carbons (Fsp3) is 0.727. The van der Waals surface area contributed by atoms with Crippen molar-refractivity contribution in [3.63, 3.8) is 0 Å². The van der Waals surface area contributed by atoms with Gasteiger partial charge in [-0.2, -0.15) is 0 Å². The number of sulfone groups is 1. The molecule has 2 fully saturated rings. The lowest BCUT2D eigenvalue weighted by molar-refractivity contribution is -0.125. The number of nitrogens with zero attached hydrogens (tertiary/aromatic N) is 1. The zero-order chi connectivity index (χ0) is 12.2. The van der Waals surface area contributed by atoms with Crippen LogP contribution in [0.4, 0.5) is 0 Å². The van der Waals surface area contributed by atoms with E-state index in [0.717, 1.165) is 0 Å². The van der Waals surface area contributed by atoms with Gasteiger partial charge < -0.3 is 4.90 Å². The third-order valence-electron chi connectivity index (χ3n) is 4.10.